The average molecular weight is 509 g/mol. The van der Waals surface area contributed by atoms with Crippen molar-refractivity contribution in [1.29, 1.82) is 0 Å². The Balaban J connectivity index is 5.11. The van der Waals surface area contributed by atoms with E-state index in [1.54, 1.807) is 26.8 Å². The highest BCUT2D eigenvalue weighted by molar-refractivity contribution is 5.75. The van der Waals surface area contributed by atoms with Crippen molar-refractivity contribution in [2.75, 3.05) is 48.3 Å². The first-order valence-electron chi connectivity index (χ1n) is 12.0. The molecule has 35 heavy (non-hydrogen) atoms. The van der Waals surface area contributed by atoms with E-state index < -0.39 is 23.7 Å². The predicted octanol–water partition coefficient (Wildman–Crippen LogP) is 2.79. The molecular weight excluding hydrogens is 460 g/mol. The van der Waals surface area contributed by atoms with Gasteiger partial charge in [-0.25, -0.2) is 0 Å². The van der Waals surface area contributed by atoms with E-state index >= 15 is 0 Å². The Hall–Kier alpha value is -1.11. The van der Waals surface area contributed by atoms with E-state index in [1.165, 1.54) is 21.3 Å². The first kappa shape index (κ1) is 33.9. The number of ether oxygens (including phenoxy) is 7. The Labute approximate surface area is 210 Å². The molecule has 10 nitrogen and oxygen atoms in total. The van der Waals surface area contributed by atoms with Crippen molar-refractivity contribution in [3.63, 3.8) is 0 Å². The largest absolute Gasteiger partial charge is 0.465 e. The van der Waals surface area contributed by atoms with Crippen LogP contribution in [-0.2, 0) is 38.0 Å². The van der Waals surface area contributed by atoms with Crippen molar-refractivity contribution >= 4 is 5.97 Å². The number of hydrogen-bond acceptors (Lipinski definition) is 10. The summed E-state index contributed by atoms with van der Waals surface area (Å²) in [4.78, 5) is 12.1. The molecule has 5 atom stereocenters. The zero-order chi connectivity index (χ0) is 26.7. The van der Waals surface area contributed by atoms with Crippen LogP contribution in [0.1, 0.15) is 59.3 Å². The molecule has 0 aromatic rings. The van der Waals surface area contributed by atoms with Gasteiger partial charge in [0.1, 0.15) is 20.4 Å². The highest BCUT2D eigenvalue weighted by atomic mass is 16.7. The number of methoxy groups -OCH3 is 3. The molecule has 0 aromatic carbocycles. The van der Waals surface area contributed by atoms with Crippen LogP contribution in [0.4, 0.5) is 0 Å². The predicted molar refractivity (Wildman–Crippen MR) is 131 cm³/mol. The molecule has 0 aliphatic rings. The quantitative estimate of drug-likeness (QED) is 0.128. The number of carbonyl (C=O) groups excluding carboxylic acids is 1. The normalized spacial score (nSPS) is 16.3. The number of aliphatic hydroxyl groups is 2. The monoisotopic (exact) mass is 508 g/mol. The Morgan fingerprint density at radius 3 is 1.91 bits per heavy atom. The molecule has 0 unspecified atom stereocenters. The van der Waals surface area contributed by atoms with Crippen LogP contribution in [0.2, 0.25) is 0 Å². The Bertz CT molecular complexity index is 537. The smallest absolute Gasteiger partial charge is 0.311 e. The molecule has 0 saturated heterocycles. The van der Waals surface area contributed by atoms with Gasteiger partial charge in [0.05, 0.1) is 42.5 Å². The second-order valence-corrected chi connectivity index (χ2v) is 9.47. The van der Waals surface area contributed by atoms with Crippen molar-refractivity contribution in [3.8, 4) is 0 Å². The lowest BCUT2D eigenvalue weighted by Crippen LogP contribution is -2.35. The summed E-state index contributed by atoms with van der Waals surface area (Å²) in [6, 6.07) is 0. The van der Waals surface area contributed by atoms with Gasteiger partial charge in [-0.15, -0.1) is 6.58 Å². The van der Waals surface area contributed by atoms with E-state index in [0.29, 0.717) is 32.1 Å². The van der Waals surface area contributed by atoms with Crippen LogP contribution in [-0.4, -0.2) is 95.0 Å². The van der Waals surface area contributed by atoms with Gasteiger partial charge >= 0.3 is 5.97 Å². The van der Waals surface area contributed by atoms with E-state index in [-0.39, 0.29) is 51.6 Å². The highest BCUT2D eigenvalue weighted by Gasteiger charge is 2.27. The van der Waals surface area contributed by atoms with Crippen LogP contribution >= 0.6 is 0 Å². The summed E-state index contributed by atoms with van der Waals surface area (Å²) in [6.07, 6.45) is 1.36. The number of esters is 1. The van der Waals surface area contributed by atoms with E-state index in [2.05, 4.69) is 6.58 Å². The maximum Gasteiger partial charge on any atom is 0.311 e. The minimum Gasteiger partial charge on any atom is -0.465 e. The maximum absolute atomic E-state index is 12.1. The van der Waals surface area contributed by atoms with Gasteiger partial charge in [-0.3, -0.25) is 4.79 Å². The molecule has 0 aliphatic heterocycles. The molecular formula is C25H48O10. The minimum absolute atomic E-state index is 0.0155. The first-order valence-corrected chi connectivity index (χ1v) is 12.0. The molecule has 0 bridgehead atoms. The molecule has 0 saturated carbocycles. The van der Waals surface area contributed by atoms with Crippen LogP contribution in [0.25, 0.3) is 0 Å². The van der Waals surface area contributed by atoms with Crippen molar-refractivity contribution in [3.05, 3.63) is 12.7 Å². The summed E-state index contributed by atoms with van der Waals surface area (Å²) in [6.45, 7) is 9.42. The van der Waals surface area contributed by atoms with Crippen LogP contribution in [0.15, 0.2) is 12.7 Å². The topological polar surface area (TPSA) is 122 Å². The third-order valence-electron chi connectivity index (χ3n) is 5.21. The van der Waals surface area contributed by atoms with Gasteiger partial charge in [-0.05, 0) is 40.0 Å². The summed E-state index contributed by atoms with van der Waals surface area (Å²) in [7, 11) is 4.58. The second kappa shape index (κ2) is 20.0. The Morgan fingerprint density at radius 1 is 0.857 bits per heavy atom. The molecule has 0 rings (SSSR count). The molecule has 10 heteroatoms. The van der Waals surface area contributed by atoms with Gasteiger partial charge in [-0.1, -0.05) is 6.08 Å². The zero-order valence-corrected chi connectivity index (χ0v) is 22.4. The molecule has 0 aliphatic carbocycles. The molecule has 0 aromatic heterocycles. The number of aliphatic hydroxyl groups excluding tert-OH is 2. The fourth-order valence-electron chi connectivity index (χ4n) is 3.27. The van der Waals surface area contributed by atoms with Crippen LogP contribution < -0.4 is 0 Å². The van der Waals surface area contributed by atoms with E-state index in [1.807, 2.05) is 0 Å². The number of carbonyl (C=O) groups is 1. The third-order valence-corrected chi connectivity index (χ3v) is 5.21. The molecule has 0 spiro atoms. The van der Waals surface area contributed by atoms with Gasteiger partial charge < -0.3 is 43.4 Å². The Kier molecular flexibility index (Phi) is 19.4. The molecule has 0 heterocycles. The first-order chi connectivity index (χ1) is 16.6. The van der Waals surface area contributed by atoms with Gasteiger partial charge in [0, 0.05) is 40.6 Å². The van der Waals surface area contributed by atoms with Crippen LogP contribution in [0.5, 0.6) is 0 Å². The maximum atomic E-state index is 12.1. The van der Waals surface area contributed by atoms with E-state index in [9.17, 15) is 15.0 Å². The molecule has 208 valence electrons. The number of rotatable bonds is 22. The summed E-state index contributed by atoms with van der Waals surface area (Å²) in [5, 5.41) is 20.7. The lowest BCUT2D eigenvalue weighted by Gasteiger charge is -2.28. The van der Waals surface area contributed by atoms with Gasteiger partial charge in [0.2, 0.25) is 0 Å². The molecule has 0 fully saturated rings. The fraction of sp³-hybridized carbons (Fsp3) is 0.880. The molecule has 2 N–H and O–H groups in total. The molecule has 0 amide bonds. The fourth-order valence-corrected chi connectivity index (χ4v) is 3.27. The zero-order valence-electron chi connectivity index (χ0n) is 22.4. The van der Waals surface area contributed by atoms with Crippen LogP contribution in [0.3, 0.4) is 0 Å². The average Bonchev–Trinajstić information content (AvgIpc) is 2.79. The second-order valence-electron chi connectivity index (χ2n) is 9.47. The van der Waals surface area contributed by atoms with Gasteiger partial charge in [-0.2, -0.15) is 0 Å². The Morgan fingerprint density at radius 2 is 1.40 bits per heavy atom. The third kappa shape index (κ3) is 17.1. The van der Waals surface area contributed by atoms with Crippen molar-refractivity contribution in [1.82, 2.24) is 0 Å². The lowest BCUT2D eigenvalue weighted by atomic mass is 9.97. The van der Waals surface area contributed by atoms with Crippen molar-refractivity contribution < 1.29 is 48.2 Å². The van der Waals surface area contributed by atoms with Crippen molar-refractivity contribution in [2.45, 2.75) is 89.8 Å². The van der Waals surface area contributed by atoms with Crippen molar-refractivity contribution in [2.24, 2.45) is 5.41 Å². The lowest BCUT2D eigenvalue weighted by molar-refractivity contribution is -0.156. The summed E-state index contributed by atoms with van der Waals surface area (Å²) >= 11 is 0. The van der Waals surface area contributed by atoms with Gasteiger partial charge in [0.15, 0.2) is 0 Å². The SMILES string of the molecule is C=CC[C@@H](O)C[C@@H](O)[C@@H](CC[C@H](C[C@H](CCOC(=O)C(C)(C)C)OCOC)OCOC)OCOC. The highest BCUT2D eigenvalue weighted by Crippen LogP contribution is 2.21. The number of hydrogen-bond donors (Lipinski definition) is 2. The standard InChI is InChI=1S/C25H48O10/c1-8-9-19(26)14-22(27)23(35-18-31-7)11-10-20(33-16-29-5)15-21(34-17-30-6)12-13-32-24(28)25(2,3)4/h8,19-23,26-27H,1,9-18H2,2-7H3/t19-,20-,21+,22-,23-/m1/s1. The van der Waals surface area contributed by atoms with E-state index in [4.69, 9.17) is 33.2 Å². The van der Waals surface area contributed by atoms with Crippen LogP contribution in [0, 0.1) is 5.41 Å². The minimum atomic E-state index is -0.888. The molecule has 0 radical (unpaired) electrons. The van der Waals surface area contributed by atoms with E-state index in [0.717, 1.165) is 0 Å². The summed E-state index contributed by atoms with van der Waals surface area (Å²) in [5.74, 6) is -0.277. The summed E-state index contributed by atoms with van der Waals surface area (Å²) < 4.78 is 37.9. The summed E-state index contributed by atoms with van der Waals surface area (Å²) in [5.41, 5.74) is -0.579. The van der Waals surface area contributed by atoms with Gasteiger partial charge in [0.25, 0.3) is 0 Å².